The van der Waals surface area contributed by atoms with Crippen LogP contribution in [-0.4, -0.2) is 36.5 Å². The fraction of sp³-hybridized carbons (Fsp3) is 0.533. The number of halogens is 1. The Kier molecular flexibility index (Phi) is 3.61. The minimum absolute atomic E-state index is 0.0881. The highest BCUT2D eigenvalue weighted by Gasteiger charge is 2.42. The number of fused-ring (bicyclic) bond motifs is 1. The van der Waals surface area contributed by atoms with Crippen molar-refractivity contribution in [2.45, 2.75) is 18.9 Å². The van der Waals surface area contributed by atoms with E-state index in [-0.39, 0.29) is 24.3 Å². The van der Waals surface area contributed by atoms with Crippen molar-refractivity contribution in [3.05, 3.63) is 30.1 Å². The maximum Gasteiger partial charge on any atom is 0.260 e. The Bertz CT molecular complexity index is 508. The van der Waals surface area contributed by atoms with E-state index in [0.717, 1.165) is 19.4 Å². The van der Waals surface area contributed by atoms with Gasteiger partial charge in [0.1, 0.15) is 0 Å². The quantitative estimate of drug-likeness (QED) is 0.909. The molecule has 0 aromatic heterocycles. The van der Waals surface area contributed by atoms with Crippen molar-refractivity contribution in [3.8, 4) is 5.75 Å². The van der Waals surface area contributed by atoms with Crippen LogP contribution in [0.4, 0.5) is 4.39 Å². The summed E-state index contributed by atoms with van der Waals surface area (Å²) in [5.74, 6) is 0.544. The van der Waals surface area contributed by atoms with Gasteiger partial charge in [0.2, 0.25) is 0 Å². The van der Waals surface area contributed by atoms with Crippen molar-refractivity contribution in [2.75, 3.05) is 19.7 Å². The predicted molar refractivity (Wildman–Crippen MR) is 72.7 cm³/mol. The van der Waals surface area contributed by atoms with Crippen LogP contribution in [0.1, 0.15) is 12.8 Å². The van der Waals surface area contributed by atoms with Crippen LogP contribution in [0.5, 0.6) is 5.75 Å². The molecule has 1 aliphatic heterocycles. The maximum atomic E-state index is 13.4. The van der Waals surface area contributed by atoms with E-state index >= 15 is 0 Å². The third-order valence-electron chi connectivity index (χ3n) is 4.45. The maximum absolute atomic E-state index is 13.4. The van der Waals surface area contributed by atoms with Crippen LogP contribution in [0, 0.1) is 17.7 Å². The molecule has 2 aliphatic rings. The normalized spacial score (nSPS) is 28.5. The molecule has 1 heterocycles. The molecule has 1 aromatic carbocycles. The first kappa shape index (κ1) is 13.4. The van der Waals surface area contributed by atoms with Crippen molar-refractivity contribution in [1.29, 1.82) is 0 Å². The molecule has 1 saturated heterocycles. The van der Waals surface area contributed by atoms with Crippen molar-refractivity contribution in [2.24, 2.45) is 17.6 Å². The molecule has 108 valence electrons. The molecular weight excluding hydrogens is 259 g/mol. The number of rotatable bonds is 3. The number of hydrogen-bond acceptors (Lipinski definition) is 3. The lowest BCUT2D eigenvalue weighted by molar-refractivity contribution is -0.132. The molecule has 2 N–H and O–H groups in total. The Morgan fingerprint density at radius 2 is 2.15 bits per heavy atom. The number of nitrogens with two attached hydrogens (primary N) is 1. The first-order valence-corrected chi connectivity index (χ1v) is 7.06. The molecule has 0 bridgehead atoms. The topological polar surface area (TPSA) is 55.6 Å². The van der Waals surface area contributed by atoms with Crippen molar-refractivity contribution in [3.63, 3.8) is 0 Å². The number of carbonyl (C=O) groups excluding carboxylic acids is 1. The number of hydrogen-bond donors (Lipinski definition) is 1. The Labute approximate surface area is 117 Å². The third kappa shape index (κ3) is 2.50. The highest BCUT2D eigenvalue weighted by Crippen LogP contribution is 2.37. The van der Waals surface area contributed by atoms with Crippen LogP contribution < -0.4 is 10.5 Å². The van der Waals surface area contributed by atoms with E-state index in [1.807, 2.05) is 0 Å². The Morgan fingerprint density at radius 1 is 1.35 bits per heavy atom. The highest BCUT2D eigenvalue weighted by molar-refractivity contribution is 5.78. The summed E-state index contributed by atoms with van der Waals surface area (Å²) in [6, 6.07) is 6.33. The summed E-state index contributed by atoms with van der Waals surface area (Å²) >= 11 is 0. The minimum atomic E-state index is -0.444. The van der Waals surface area contributed by atoms with Gasteiger partial charge in [-0.15, -0.1) is 0 Å². The lowest BCUT2D eigenvalue weighted by atomic mass is 9.98. The van der Waals surface area contributed by atoms with Gasteiger partial charge in [-0.05, 0) is 36.8 Å². The number of nitrogens with zero attached hydrogens (tertiary/aromatic N) is 1. The van der Waals surface area contributed by atoms with Gasteiger partial charge in [0, 0.05) is 19.1 Å². The van der Waals surface area contributed by atoms with E-state index in [0.29, 0.717) is 18.4 Å². The zero-order valence-corrected chi connectivity index (χ0v) is 11.3. The molecule has 3 atom stereocenters. The van der Waals surface area contributed by atoms with Gasteiger partial charge < -0.3 is 15.4 Å². The zero-order chi connectivity index (χ0) is 14.1. The number of likely N-dealkylation sites (tertiary alicyclic amines) is 1. The van der Waals surface area contributed by atoms with E-state index in [1.165, 1.54) is 12.1 Å². The number of carbonyl (C=O) groups is 1. The molecule has 1 saturated carbocycles. The molecular formula is C15H19FN2O2. The lowest BCUT2D eigenvalue weighted by Crippen LogP contribution is -2.36. The summed E-state index contributed by atoms with van der Waals surface area (Å²) in [6.45, 7) is 1.36. The van der Waals surface area contributed by atoms with Crippen LogP contribution >= 0.6 is 0 Å². The van der Waals surface area contributed by atoms with Crippen molar-refractivity contribution in [1.82, 2.24) is 4.90 Å². The molecule has 1 amide bonds. The van der Waals surface area contributed by atoms with Gasteiger partial charge in [-0.2, -0.15) is 0 Å². The average molecular weight is 278 g/mol. The number of benzene rings is 1. The molecule has 5 heteroatoms. The van der Waals surface area contributed by atoms with Crippen molar-refractivity contribution >= 4 is 5.91 Å². The van der Waals surface area contributed by atoms with Crippen LogP contribution in [0.3, 0.4) is 0 Å². The standard InChI is InChI=1S/C15H19FN2O2/c16-12-3-1-2-4-14(12)20-9-15(19)18-7-10-5-6-13(17)11(10)8-18/h1-4,10-11,13H,5-9,17H2. The number of ether oxygens (including phenoxy) is 1. The fourth-order valence-corrected chi connectivity index (χ4v) is 3.30. The minimum Gasteiger partial charge on any atom is -0.481 e. The summed E-state index contributed by atoms with van der Waals surface area (Å²) in [7, 11) is 0. The second-order valence-electron chi connectivity index (χ2n) is 5.68. The van der Waals surface area contributed by atoms with Gasteiger partial charge in [-0.3, -0.25) is 4.79 Å². The van der Waals surface area contributed by atoms with E-state index in [4.69, 9.17) is 10.5 Å². The largest absolute Gasteiger partial charge is 0.481 e. The van der Waals surface area contributed by atoms with Gasteiger partial charge in [0.15, 0.2) is 18.2 Å². The first-order chi connectivity index (χ1) is 9.65. The van der Waals surface area contributed by atoms with E-state index < -0.39 is 5.82 Å². The molecule has 0 spiro atoms. The van der Waals surface area contributed by atoms with Gasteiger partial charge in [0.05, 0.1) is 0 Å². The summed E-state index contributed by atoms with van der Waals surface area (Å²) in [5, 5.41) is 0. The van der Waals surface area contributed by atoms with Crippen LogP contribution in [0.15, 0.2) is 24.3 Å². The summed E-state index contributed by atoms with van der Waals surface area (Å²) < 4.78 is 18.7. The molecule has 3 rings (SSSR count). The van der Waals surface area contributed by atoms with Gasteiger partial charge in [-0.1, -0.05) is 12.1 Å². The Morgan fingerprint density at radius 3 is 2.90 bits per heavy atom. The number of para-hydroxylation sites is 1. The predicted octanol–water partition coefficient (Wildman–Crippen LogP) is 1.40. The van der Waals surface area contributed by atoms with Gasteiger partial charge in [-0.25, -0.2) is 4.39 Å². The molecule has 1 aliphatic carbocycles. The molecule has 2 fully saturated rings. The first-order valence-electron chi connectivity index (χ1n) is 7.06. The Hall–Kier alpha value is -1.62. The monoisotopic (exact) mass is 278 g/mol. The fourth-order valence-electron chi connectivity index (χ4n) is 3.30. The average Bonchev–Trinajstić information content (AvgIpc) is 3.00. The summed E-state index contributed by atoms with van der Waals surface area (Å²) in [6.07, 6.45) is 2.16. The van der Waals surface area contributed by atoms with E-state index in [1.54, 1.807) is 17.0 Å². The molecule has 3 unspecified atom stereocenters. The third-order valence-corrected chi connectivity index (χ3v) is 4.45. The molecule has 20 heavy (non-hydrogen) atoms. The smallest absolute Gasteiger partial charge is 0.260 e. The van der Waals surface area contributed by atoms with Gasteiger partial charge in [0.25, 0.3) is 5.91 Å². The van der Waals surface area contributed by atoms with Crippen LogP contribution in [0.25, 0.3) is 0 Å². The summed E-state index contributed by atoms with van der Waals surface area (Å²) in [4.78, 5) is 13.9. The van der Waals surface area contributed by atoms with Crippen LogP contribution in [0.2, 0.25) is 0 Å². The number of amides is 1. The van der Waals surface area contributed by atoms with E-state index in [9.17, 15) is 9.18 Å². The lowest BCUT2D eigenvalue weighted by Gasteiger charge is -2.19. The highest BCUT2D eigenvalue weighted by atomic mass is 19.1. The Balaban J connectivity index is 1.55. The van der Waals surface area contributed by atoms with E-state index in [2.05, 4.69) is 0 Å². The summed E-state index contributed by atoms with van der Waals surface area (Å²) in [5.41, 5.74) is 6.05. The second kappa shape index (κ2) is 5.40. The molecule has 1 aromatic rings. The second-order valence-corrected chi connectivity index (χ2v) is 5.68. The van der Waals surface area contributed by atoms with Crippen molar-refractivity contribution < 1.29 is 13.9 Å². The van der Waals surface area contributed by atoms with Gasteiger partial charge >= 0.3 is 0 Å². The SMILES string of the molecule is NC1CCC2CN(C(=O)COc3ccccc3F)CC12. The zero-order valence-electron chi connectivity index (χ0n) is 11.3. The van der Waals surface area contributed by atoms with Crippen LogP contribution in [-0.2, 0) is 4.79 Å². The molecule has 4 nitrogen and oxygen atoms in total. The molecule has 0 radical (unpaired) electrons.